The molecule has 1 N–H and O–H groups in total. The zero-order valence-corrected chi connectivity index (χ0v) is 12.9. The first kappa shape index (κ1) is 15.3. The molecule has 0 saturated heterocycles. The zero-order valence-electron chi connectivity index (χ0n) is 11.4. The quantitative estimate of drug-likeness (QED) is 0.824. The van der Waals surface area contributed by atoms with Crippen LogP contribution in [0.1, 0.15) is 29.7 Å². The molecule has 106 valence electrons. The smallest absolute Gasteiger partial charge is 0.127 e. The first-order valence-corrected chi connectivity index (χ1v) is 7.23. The van der Waals surface area contributed by atoms with E-state index in [2.05, 4.69) is 5.32 Å². The second-order valence-electron chi connectivity index (χ2n) is 4.67. The van der Waals surface area contributed by atoms with Crippen LogP contribution in [0.4, 0.5) is 4.39 Å². The van der Waals surface area contributed by atoms with Gasteiger partial charge in [0.15, 0.2) is 0 Å². The molecule has 0 heterocycles. The van der Waals surface area contributed by atoms with Gasteiger partial charge in [0, 0.05) is 10.0 Å². The highest BCUT2D eigenvalue weighted by Gasteiger charge is 2.18. The van der Waals surface area contributed by atoms with E-state index >= 15 is 0 Å². The lowest BCUT2D eigenvalue weighted by Crippen LogP contribution is -2.22. The van der Waals surface area contributed by atoms with E-state index in [0.717, 1.165) is 17.7 Å². The molecule has 0 bridgehead atoms. The van der Waals surface area contributed by atoms with E-state index in [-0.39, 0.29) is 11.9 Å². The van der Waals surface area contributed by atoms with Gasteiger partial charge in [-0.2, -0.15) is 0 Å². The van der Waals surface area contributed by atoms with Crippen LogP contribution in [0.25, 0.3) is 0 Å². The van der Waals surface area contributed by atoms with Gasteiger partial charge in [0.2, 0.25) is 0 Å². The fourth-order valence-electron chi connectivity index (χ4n) is 2.20. The lowest BCUT2D eigenvalue weighted by atomic mass is 9.97. The SMILES string of the molecule is CCNC(c1cccc(Cl)c1)c1cc(C)c(F)cc1Cl. The molecule has 0 aliphatic heterocycles. The van der Waals surface area contributed by atoms with Gasteiger partial charge in [0.1, 0.15) is 5.82 Å². The molecule has 0 saturated carbocycles. The van der Waals surface area contributed by atoms with Crippen molar-refractivity contribution < 1.29 is 4.39 Å². The number of benzene rings is 2. The molecule has 1 atom stereocenters. The van der Waals surface area contributed by atoms with Gasteiger partial charge in [0.25, 0.3) is 0 Å². The number of hydrogen-bond acceptors (Lipinski definition) is 1. The molecule has 2 rings (SSSR count). The first-order valence-electron chi connectivity index (χ1n) is 6.47. The molecular weight excluding hydrogens is 296 g/mol. The Kier molecular flexibility index (Phi) is 5.03. The summed E-state index contributed by atoms with van der Waals surface area (Å²) in [6.45, 7) is 4.52. The highest BCUT2D eigenvalue weighted by atomic mass is 35.5. The second kappa shape index (κ2) is 6.57. The van der Waals surface area contributed by atoms with Crippen molar-refractivity contribution in [1.82, 2.24) is 5.32 Å². The maximum absolute atomic E-state index is 13.5. The summed E-state index contributed by atoms with van der Waals surface area (Å²) in [7, 11) is 0. The van der Waals surface area contributed by atoms with E-state index < -0.39 is 0 Å². The molecule has 2 aromatic rings. The Morgan fingerprint density at radius 3 is 2.60 bits per heavy atom. The van der Waals surface area contributed by atoms with Crippen LogP contribution in [-0.4, -0.2) is 6.54 Å². The number of nitrogens with one attached hydrogen (secondary N) is 1. The third kappa shape index (κ3) is 3.32. The summed E-state index contributed by atoms with van der Waals surface area (Å²) < 4.78 is 13.5. The molecule has 0 amide bonds. The molecule has 0 radical (unpaired) electrons. The molecule has 0 aromatic heterocycles. The maximum atomic E-state index is 13.5. The molecule has 4 heteroatoms. The number of rotatable bonds is 4. The average Bonchev–Trinajstić information content (AvgIpc) is 2.40. The van der Waals surface area contributed by atoms with Gasteiger partial charge in [-0.3, -0.25) is 0 Å². The highest BCUT2D eigenvalue weighted by Crippen LogP contribution is 2.31. The summed E-state index contributed by atoms with van der Waals surface area (Å²) >= 11 is 12.3. The van der Waals surface area contributed by atoms with Gasteiger partial charge in [-0.05, 0) is 54.4 Å². The van der Waals surface area contributed by atoms with Crippen molar-refractivity contribution in [2.75, 3.05) is 6.54 Å². The maximum Gasteiger partial charge on any atom is 0.127 e. The van der Waals surface area contributed by atoms with Crippen molar-refractivity contribution in [3.8, 4) is 0 Å². The van der Waals surface area contributed by atoms with Crippen molar-refractivity contribution >= 4 is 23.2 Å². The Morgan fingerprint density at radius 1 is 1.20 bits per heavy atom. The molecule has 0 fully saturated rings. The van der Waals surface area contributed by atoms with Gasteiger partial charge in [-0.25, -0.2) is 4.39 Å². The Hall–Kier alpha value is -1.09. The molecule has 1 unspecified atom stereocenters. The van der Waals surface area contributed by atoms with Gasteiger partial charge < -0.3 is 5.32 Å². The molecule has 1 nitrogen and oxygen atoms in total. The van der Waals surface area contributed by atoms with Gasteiger partial charge >= 0.3 is 0 Å². The highest BCUT2D eigenvalue weighted by molar-refractivity contribution is 6.31. The molecule has 2 aromatic carbocycles. The summed E-state index contributed by atoms with van der Waals surface area (Å²) in [5, 5.41) is 4.45. The summed E-state index contributed by atoms with van der Waals surface area (Å²) in [6, 6.07) is 10.6. The summed E-state index contributed by atoms with van der Waals surface area (Å²) in [5.74, 6) is -0.292. The van der Waals surface area contributed by atoms with Crippen molar-refractivity contribution in [1.29, 1.82) is 0 Å². The van der Waals surface area contributed by atoms with Crippen molar-refractivity contribution in [2.24, 2.45) is 0 Å². The van der Waals surface area contributed by atoms with Crippen LogP contribution in [0.3, 0.4) is 0 Å². The third-order valence-corrected chi connectivity index (χ3v) is 3.74. The third-order valence-electron chi connectivity index (χ3n) is 3.18. The van der Waals surface area contributed by atoms with E-state index in [9.17, 15) is 4.39 Å². The summed E-state index contributed by atoms with van der Waals surface area (Å²) in [6.07, 6.45) is 0. The lowest BCUT2D eigenvalue weighted by molar-refractivity contribution is 0.606. The minimum absolute atomic E-state index is 0.106. The summed E-state index contributed by atoms with van der Waals surface area (Å²) in [5.41, 5.74) is 2.44. The fourth-order valence-corrected chi connectivity index (χ4v) is 2.66. The molecule has 20 heavy (non-hydrogen) atoms. The van der Waals surface area contributed by atoms with E-state index in [1.807, 2.05) is 31.2 Å². The minimum atomic E-state index is -0.292. The van der Waals surface area contributed by atoms with Gasteiger partial charge in [-0.15, -0.1) is 0 Å². The van der Waals surface area contributed by atoms with E-state index in [4.69, 9.17) is 23.2 Å². The van der Waals surface area contributed by atoms with Crippen LogP contribution in [0.15, 0.2) is 36.4 Å². The van der Waals surface area contributed by atoms with Crippen LogP contribution in [0.2, 0.25) is 10.0 Å². The predicted molar refractivity (Wildman–Crippen MR) is 83.1 cm³/mol. The minimum Gasteiger partial charge on any atom is -0.306 e. The van der Waals surface area contributed by atoms with E-state index in [1.165, 1.54) is 6.07 Å². The van der Waals surface area contributed by atoms with Crippen LogP contribution in [0.5, 0.6) is 0 Å². The van der Waals surface area contributed by atoms with Gasteiger partial charge in [-0.1, -0.05) is 42.3 Å². The monoisotopic (exact) mass is 311 g/mol. The topological polar surface area (TPSA) is 12.0 Å². The average molecular weight is 312 g/mol. The standard InChI is InChI=1S/C16H16Cl2FN/c1-3-20-16(11-5-4-6-12(17)8-11)13-7-10(2)15(19)9-14(13)18/h4-9,16,20H,3H2,1-2H3. The van der Waals surface area contributed by atoms with E-state index in [1.54, 1.807) is 13.0 Å². The Bertz CT molecular complexity index is 613. The lowest BCUT2D eigenvalue weighted by Gasteiger charge is -2.21. The number of aryl methyl sites for hydroxylation is 1. The van der Waals surface area contributed by atoms with Crippen LogP contribution in [0, 0.1) is 12.7 Å². The second-order valence-corrected chi connectivity index (χ2v) is 5.51. The first-order chi connectivity index (χ1) is 9.52. The van der Waals surface area contributed by atoms with Crippen molar-refractivity contribution in [3.63, 3.8) is 0 Å². The van der Waals surface area contributed by atoms with Crippen LogP contribution in [-0.2, 0) is 0 Å². The van der Waals surface area contributed by atoms with Crippen LogP contribution >= 0.6 is 23.2 Å². The Labute approximate surface area is 128 Å². The molecule has 0 aliphatic rings. The number of halogens is 3. The zero-order chi connectivity index (χ0) is 14.7. The molecule has 0 aliphatic carbocycles. The van der Waals surface area contributed by atoms with Crippen LogP contribution < -0.4 is 5.32 Å². The fraction of sp³-hybridized carbons (Fsp3) is 0.250. The molecular formula is C16H16Cl2FN. The van der Waals surface area contributed by atoms with E-state index in [0.29, 0.717) is 15.6 Å². The normalized spacial score (nSPS) is 12.4. The number of hydrogen-bond donors (Lipinski definition) is 1. The predicted octanol–water partition coefficient (Wildman–Crippen LogP) is 5.14. The largest absolute Gasteiger partial charge is 0.306 e. The van der Waals surface area contributed by atoms with Crippen molar-refractivity contribution in [2.45, 2.75) is 19.9 Å². The van der Waals surface area contributed by atoms with Gasteiger partial charge in [0.05, 0.1) is 6.04 Å². The summed E-state index contributed by atoms with van der Waals surface area (Å²) in [4.78, 5) is 0. The molecule has 0 spiro atoms. The van der Waals surface area contributed by atoms with Crippen molar-refractivity contribution in [3.05, 3.63) is 69.0 Å². The Morgan fingerprint density at radius 2 is 1.95 bits per heavy atom. The Balaban J connectivity index is 2.51.